The van der Waals surface area contributed by atoms with Crippen molar-refractivity contribution in [3.05, 3.63) is 47.6 Å². The number of sulfone groups is 1. The average molecular weight is 467 g/mol. The summed E-state index contributed by atoms with van der Waals surface area (Å²) in [5.74, 6) is 1.49. The predicted octanol–water partition coefficient (Wildman–Crippen LogP) is 1.14. The number of aliphatic hydroxyl groups excluding tert-OH is 3. The first-order valence-corrected chi connectivity index (χ1v) is 12.8. The molecule has 2 heterocycles. The first-order valence-electron chi connectivity index (χ1n) is 10.8. The molecule has 6 atom stereocenters. The average Bonchev–Trinajstić information content (AvgIpc) is 2.77. The Morgan fingerprint density at radius 3 is 2.41 bits per heavy atom. The molecule has 1 aromatic carbocycles. The van der Waals surface area contributed by atoms with Gasteiger partial charge in [0.2, 0.25) is 0 Å². The third-order valence-electron chi connectivity index (χ3n) is 6.56. The molecular formula is C23H30O8S. The molecule has 0 saturated carbocycles. The highest BCUT2D eigenvalue weighted by molar-refractivity contribution is 7.91. The highest BCUT2D eigenvalue weighted by Gasteiger charge is 2.48. The lowest BCUT2D eigenvalue weighted by Crippen LogP contribution is -2.59. The van der Waals surface area contributed by atoms with E-state index in [2.05, 4.69) is 13.0 Å². The number of fused-ring (bicyclic) bond motifs is 1. The van der Waals surface area contributed by atoms with Crippen LogP contribution in [0.15, 0.2) is 42.0 Å². The van der Waals surface area contributed by atoms with Crippen LogP contribution in [-0.4, -0.2) is 73.1 Å². The highest BCUT2D eigenvalue weighted by Crippen LogP contribution is 2.41. The third-order valence-corrected chi connectivity index (χ3v) is 7.79. The SMILES string of the molecule is CCC1(Cc2ccc3c(c2)OCCO3)C=CC([C@@H]2O[C@H](S(C)(=O)=O)[C@@H](O)[C@H](O)[C@H]2O)=CC1. The molecule has 0 spiro atoms. The summed E-state index contributed by atoms with van der Waals surface area (Å²) in [4.78, 5) is 0. The minimum atomic E-state index is -3.80. The molecule has 176 valence electrons. The van der Waals surface area contributed by atoms with Crippen LogP contribution in [0.5, 0.6) is 11.5 Å². The van der Waals surface area contributed by atoms with Gasteiger partial charge in [-0.15, -0.1) is 0 Å². The lowest BCUT2D eigenvalue weighted by molar-refractivity contribution is -0.188. The summed E-state index contributed by atoms with van der Waals surface area (Å²) in [6.45, 7) is 3.18. The summed E-state index contributed by atoms with van der Waals surface area (Å²) in [5.41, 5.74) is -0.0670. The third kappa shape index (κ3) is 4.45. The minimum Gasteiger partial charge on any atom is -0.486 e. The van der Waals surface area contributed by atoms with Crippen molar-refractivity contribution in [2.24, 2.45) is 5.41 Å². The van der Waals surface area contributed by atoms with Gasteiger partial charge in [0.25, 0.3) is 0 Å². The lowest BCUT2D eigenvalue weighted by atomic mass is 9.72. The number of hydrogen-bond donors (Lipinski definition) is 3. The molecule has 8 nitrogen and oxygen atoms in total. The summed E-state index contributed by atoms with van der Waals surface area (Å²) in [5, 5.41) is 30.7. The van der Waals surface area contributed by atoms with Crippen LogP contribution in [0.3, 0.4) is 0 Å². The number of benzene rings is 1. The Morgan fingerprint density at radius 1 is 1.06 bits per heavy atom. The normalized spacial score (nSPS) is 34.8. The van der Waals surface area contributed by atoms with Gasteiger partial charge in [-0.25, -0.2) is 8.42 Å². The maximum atomic E-state index is 12.0. The molecule has 0 aromatic heterocycles. The highest BCUT2D eigenvalue weighted by atomic mass is 32.2. The van der Waals surface area contributed by atoms with E-state index in [0.717, 1.165) is 36.2 Å². The second-order valence-corrected chi connectivity index (χ2v) is 11.0. The van der Waals surface area contributed by atoms with Gasteiger partial charge in [0.05, 0.1) is 0 Å². The fourth-order valence-electron chi connectivity index (χ4n) is 4.54. The van der Waals surface area contributed by atoms with Crippen molar-refractivity contribution in [3.63, 3.8) is 0 Å². The van der Waals surface area contributed by atoms with Crippen LogP contribution in [0.25, 0.3) is 0 Å². The molecule has 1 aliphatic carbocycles. The molecule has 1 fully saturated rings. The first-order chi connectivity index (χ1) is 15.1. The Balaban J connectivity index is 1.52. The van der Waals surface area contributed by atoms with Gasteiger partial charge in [-0.1, -0.05) is 31.2 Å². The zero-order valence-electron chi connectivity index (χ0n) is 18.2. The van der Waals surface area contributed by atoms with Crippen molar-refractivity contribution >= 4 is 9.84 Å². The van der Waals surface area contributed by atoms with Crippen LogP contribution < -0.4 is 9.47 Å². The van der Waals surface area contributed by atoms with Gasteiger partial charge in [0, 0.05) is 6.26 Å². The van der Waals surface area contributed by atoms with Crippen LogP contribution in [0, 0.1) is 5.41 Å². The second-order valence-electron chi connectivity index (χ2n) is 8.84. The number of rotatable bonds is 5. The molecular weight excluding hydrogens is 436 g/mol. The van der Waals surface area contributed by atoms with E-state index < -0.39 is 39.7 Å². The van der Waals surface area contributed by atoms with E-state index in [1.807, 2.05) is 30.4 Å². The maximum Gasteiger partial charge on any atom is 0.187 e. The molecule has 0 amide bonds. The molecule has 4 rings (SSSR count). The predicted molar refractivity (Wildman–Crippen MR) is 117 cm³/mol. The fourth-order valence-corrected chi connectivity index (χ4v) is 5.53. The van der Waals surface area contributed by atoms with E-state index in [4.69, 9.17) is 14.2 Å². The van der Waals surface area contributed by atoms with Crippen molar-refractivity contribution in [2.45, 2.75) is 56.0 Å². The molecule has 1 saturated heterocycles. The van der Waals surface area contributed by atoms with Gasteiger partial charge in [-0.2, -0.15) is 0 Å². The molecule has 3 N–H and O–H groups in total. The number of allylic oxidation sites excluding steroid dienone is 2. The summed E-state index contributed by atoms with van der Waals surface area (Å²) < 4.78 is 40.8. The van der Waals surface area contributed by atoms with Gasteiger partial charge in [0.1, 0.15) is 37.6 Å². The van der Waals surface area contributed by atoms with Gasteiger partial charge >= 0.3 is 0 Å². The van der Waals surface area contributed by atoms with Crippen molar-refractivity contribution < 1.29 is 37.9 Å². The standard InChI is InChI=1S/C23H30O8S/c1-3-23(13-14-4-5-16-17(12-14)30-11-10-29-16)8-6-15(7-9-23)21-19(25)18(24)20(26)22(31-21)32(2,27)28/h4-8,12,18-22,24-26H,3,9-11,13H2,1-2H3/t18-,19-,20+,21+,22-,23?/m1/s1. The minimum absolute atomic E-state index is 0.165. The first kappa shape index (κ1) is 23.3. The van der Waals surface area contributed by atoms with Gasteiger partial charge < -0.3 is 29.5 Å². The summed E-state index contributed by atoms with van der Waals surface area (Å²) >= 11 is 0. The summed E-state index contributed by atoms with van der Waals surface area (Å²) in [6.07, 6.45) is 3.18. The molecule has 2 aliphatic heterocycles. The van der Waals surface area contributed by atoms with Crippen molar-refractivity contribution in [1.82, 2.24) is 0 Å². The lowest BCUT2D eigenvalue weighted by Gasteiger charge is -2.41. The van der Waals surface area contributed by atoms with Crippen molar-refractivity contribution in [3.8, 4) is 11.5 Å². The van der Waals surface area contributed by atoms with E-state index in [0.29, 0.717) is 25.2 Å². The van der Waals surface area contributed by atoms with Crippen LogP contribution in [-0.2, 0) is 21.0 Å². The van der Waals surface area contributed by atoms with Crippen molar-refractivity contribution in [1.29, 1.82) is 0 Å². The Hall–Kier alpha value is -1.91. The Bertz CT molecular complexity index is 1020. The van der Waals surface area contributed by atoms with Crippen LogP contribution in [0.4, 0.5) is 0 Å². The molecule has 3 aliphatic rings. The summed E-state index contributed by atoms with van der Waals surface area (Å²) in [7, 11) is -3.80. The molecule has 1 aromatic rings. The Kier molecular flexibility index (Phi) is 6.39. The number of ether oxygens (including phenoxy) is 3. The summed E-state index contributed by atoms with van der Waals surface area (Å²) in [6, 6.07) is 5.95. The monoisotopic (exact) mass is 466 g/mol. The van der Waals surface area contributed by atoms with E-state index >= 15 is 0 Å². The fraction of sp³-hybridized carbons (Fsp3) is 0.565. The zero-order valence-corrected chi connectivity index (χ0v) is 19.0. The van der Waals surface area contributed by atoms with Crippen molar-refractivity contribution in [2.75, 3.05) is 19.5 Å². The molecule has 32 heavy (non-hydrogen) atoms. The molecule has 9 heteroatoms. The number of hydrogen-bond acceptors (Lipinski definition) is 8. The second kappa shape index (κ2) is 8.79. The van der Waals surface area contributed by atoms with Crippen LogP contribution >= 0.6 is 0 Å². The smallest absolute Gasteiger partial charge is 0.187 e. The molecule has 1 unspecified atom stereocenters. The van der Waals surface area contributed by atoms with Gasteiger partial charge in [0.15, 0.2) is 26.8 Å². The maximum absolute atomic E-state index is 12.0. The number of aliphatic hydroxyl groups is 3. The van der Waals surface area contributed by atoms with Gasteiger partial charge in [-0.05, 0) is 47.9 Å². The topological polar surface area (TPSA) is 123 Å². The van der Waals surface area contributed by atoms with Gasteiger partial charge in [-0.3, -0.25) is 0 Å². The molecule has 0 bridgehead atoms. The zero-order chi connectivity index (χ0) is 23.1. The quantitative estimate of drug-likeness (QED) is 0.590. The van der Waals surface area contributed by atoms with E-state index in [1.165, 1.54) is 0 Å². The van der Waals surface area contributed by atoms with E-state index in [1.54, 1.807) is 0 Å². The van der Waals surface area contributed by atoms with E-state index in [9.17, 15) is 23.7 Å². The largest absolute Gasteiger partial charge is 0.486 e. The van der Waals surface area contributed by atoms with Crippen LogP contribution in [0.1, 0.15) is 25.3 Å². The van der Waals surface area contributed by atoms with E-state index in [-0.39, 0.29) is 5.41 Å². The van der Waals surface area contributed by atoms with Crippen LogP contribution in [0.2, 0.25) is 0 Å². The Labute approximate surface area is 188 Å². The Morgan fingerprint density at radius 2 is 1.78 bits per heavy atom. The molecule has 0 radical (unpaired) electrons.